The molecule has 23 valence electrons. The van der Waals surface area contributed by atoms with Gasteiger partial charge >= 0.3 is 34.0 Å². The Morgan fingerprint density at radius 2 is 2.00 bits per heavy atom. The summed E-state index contributed by atoms with van der Waals surface area (Å²) in [5.41, 5.74) is 0. The molecule has 0 saturated carbocycles. The van der Waals surface area contributed by atoms with Crippen LogP contribution in [0.15, 0.2) is 11.1 Å². The van der Waals surface area contributed by atoms with E-state index in [2.05, 4.69) is 16.0 Å². The molecule has 0 aliphatic rings. The molecule has 0 heterocycles. The van der Waals surface area contributed by atoms with Gasteiger partial charge in [0.05, 0.1) is 0 Å². The Hall–Kier alpha value is 0.259. The van der Waals surface area contributed by atoms with Gasteiger partial charge in [-0.1, -0.05) is 0 Å². The summed E-state index contributed by atoms with van der Waals surface area (Å²) in [5.74, 6) is 0. The Morgan fingerprint density at radius 1 is 1.75 bits per heavy atom. The van der Waals surface area contributed by atoms with E-state index >= 15 is 0 Å². The van der Waals surface area contributed by atoms with Gasteiger partial charge in [-0.25, -0.2) is 0 Å². The van der Waals surface area contributed by atoms with Crippen molar-refractivity contribution < 1.29 is 0 Å². The summed E-state index contributed by atoms with van der Waals surface area (Å²) < 4.78 is 0. The molecule has 0 atom stereocenters. The van der Waals surface area contributed by atoms with Crippen molar-refractivity contribution in [2.75, 3.05) is 0 Å². The molecule has 0 aromatic rings. The van der Waals surface area contributed by atoms with Gasteiger partial charge in [0.25, 0.3) is 0 Å². The molecule has 0 aromatic carbocycles. The SMILES string of the molecule is C/C=C\[Se]. The number of rotatable bonds is 0. The van der Waals surface area contributed by atoms with Gasteiger partial charge in [0.2, 0.25) is 0 Å². The molecule has 0 aliphatic heterocycles. The summed E-state index contributed by atoms with van der Waals surface area (Å²) in [5, 5.41) is 0. The molecule has 0 saturated heterocycles. The molecule has 1 radical (unpaired) electrons. The molecule has 0 unspecified atom stereocenters. The molecule has 4 heavy (non-hydrogen) atoms. The monoisotopic (exact) mass is 121 g/mol. The maximum absolute atomic E-state index is 2.71. The van der Waals surface area contributed by atoms with E-state index in [9.17, 15) is 0 Å². The second-order valence-electron chi connectivity index (χ2n) is 0.469. The Kier molecular flexibility index (Phi) is 3.47. The van der Waals surface area contributed by atoms with Crippen molar-refractivity contribution in [3.8, 4) is 0 Å². The van der Waals surface area contributed by atoms with Crippen molar-refractivity contribution >= 4 is 16.0 Å². The maximum atomic E-state index is 2.71. The first-order chi connectivity index (χ1) is 1.91. The average molecular weight is 120 g/mol. The Bertz CT molecular complexity index is 18.5. The van der Waals surface area contributed by atoms with Gasteiger partial charge < -0.3 is 0 Å². The van der Waals surface area contributed by atoms with Gasteiger partial charge in [-0.2, -0.15) is 0 Å². The van der Waals surface area contributed by atoms with Crippen LogP contribution in [0.2, 0.25) is 0 Å². The molecular formula is C3H5Se. The van der Waals surface area contributed by atoms with Crippen LogP contribution in [0.5, 0.6) is 0 Å². The summed E-state index contributed by atoms with van der Waals surface area (Å²) in [4.78, 5) is 1.88. The Balaban J connectivity index is 2.55. The minimum absolute atomic E-state index is 1.88. The van der Waals surface area contributed by atoms with Crippen LogP contribution in [0.4, 0.5) is 0 Å². The first-order valence-electron chi connectivity index (χ1n) is 1.15. The second-order valence-corrected chi connectivity index (χ2v) is 1.04. The fourth-order valence-electron chi connectivity index (χ4n) is 0. The number of hydrogen-bond acceptors (Lipinski definition) is 0. The third-order valence-corrected chi connectivity index (χ3v) is 0.707. The van der Waals surface area contributed by atoms with Crippen LogP contribution < -0.4 is 0 Å². The number of hydrogen-bond donors (Lipinski definition) is 0. The molecular weight excluding hydrogens is 115 g/mol. The topological polar surface area (TPSA) is 0 Å². The van der Waals surface area contributed by atoms with E-state index in [4.69, 9.17) is 0 Å². The molecule has 0 amide bonds. The number of allylic oxidation sites excluding steroid dienone is 1. The normalized spacial score (nSPS) is 9.25. The Labute approximate surface area is 34.7 Å². The van der Waals surface area contributed by atoms with E-state index in [0.717, 1.165) is 0 Å². The fraction of sp³-hybridized carbons (Fsp3) is 0.333. The van der Waals surface area contributed by atoms with Crippen LogP contribution >= 0.6 is 0 Å². The van der Waals surface area contributed by atoms with E-state index in [-0.39, 0.29) is 0 Å². The van der Waals surface area contributed by atoms with Gasteiger partial charge in [0.1, 0.15) is 0 Å². The summed E-state index contributed by atoms with van der Waals surface area (Å²) >= 11 is 2.71. The standard InChI is InChI=1S/C3H5Se/c1-2-3-4/h2-3H,1H3/b3-2-. The molecule has 0 N–H and O–H groups in total. The van der Waals surface area contributed by atoms with Gasteiger partial charge in [-0.15, -0.1) is 0 Å². The van der Waals surface area contributed by atoms with E-state index < -0.39 is 0 Å². The van der Waals surface area contributed by atoms with Gasteiger partial charge in [0.15, 0.2) is 0 Å². The van der Waals surface area contributed by atoms with E-state index in [0.29, 0.717) is 0 Å². The third kappa shape index (κ3) is 2.26. The molecule has 0 fully saturated rings. The molecule has 0 nitrogen and oxygen atoms in total. The van der Waals surface area contributed by atoms with Crippen LogP contribution in [0, 0.1) is 0 Å². The third-order valence-electron chi connectivity index (χ3n) is 0.136. The van der Waals surface area contributed by atoms with Crippen molar-refractivity contribution in [1.29, 1.82) is 0 Å². The summed E-state index contributed by atoms with van der Waals surface area (Å²) in [6, 6.07) is 0. The van der Waals surface area contributed by atoms with Crippen molar-refractivity contribution in [3.63, 3.8) is 0 Å². The van der Waals surface area contributed by atoms with Crippen molar-refractivity contribution in [1.82, 2.24) is 0 Å². The Morgan fingerprint density at radius 3 is 2.00 bits per heavy atom. The van der Waals surface area contributed by atoms with E-state index in [1.54, 1.807) is 0 Å². The van der Waals surface area contributed by atoms with Crippen LogP contribution in [-0.4, -0.2) is 16.0 Å². The molecule has 0 spiro atoms. The summed E-state index contributed by atoms with van der Waals surface area (Å²) in [6.07, 6.45) is 1.94. The van der Waals surface area contributed by atoms with Crippen LogP contribution in [-0.2, 0) is 0 Å². The summed E-state index contributed by atoms with van der Waals surface area (Å²) in [7, 11) is 0. The first-order valence-corrected chi connectivity index (χ1v) is 2.14. The second kappa shape index (κ2) is 3.26. The van der Waals surface area contributed by atoms with Crippen LogP contribution in [0.1, 0.15) is 6.92 Å². The zero-order valence-corrected chi connectivity index (χ0v) is 4.28. The van der Waals surface area contributed by atoms with Crippen molar-refractivity contribution in [3.05, 3.63) is 11.1 Å². The molecule has 0 rings (SSSR count). The van der Waals surface area contributed by atoms with Gasteiger partial charge in [-0.3, -0.25) is 0 Å². The molecule has 0 aliphatic carbocycles. The van der Waals surface area contributed by atoms with E-state index in [1.807, 2.05) is 18.0 Å². The molecule has 0 bridgehead atoms. The van der Waals surface area contributed by atoms with Crippen molar-refractivity contribution in [2.45, 2.75) is 6.92 Å². The molecule has 1 heteroatoms. The van der Waals surface area contributed by atoms with Crippen LogP contribution in [0.25, 0.3) is 0 Å². The quantitative estimate of drug-likeness (QED) is 0.412. The van der Waals surface area contributed by atoms with Gasteiger partial charge in [-0.05, 0) is 0 Å². The van der Waals surface area contributed by atoms with E-state index in [1.165, 1.54) is 0 Å². The predicted molar refractivity (Wildman–Crippen MR) is 20.6 cm³/mol. The van der Waals surface area contributed by atoms with Crippen molar-refractivity contribution in [2.24, 2.45) is 0 Å². The molecule has 0 aromatic heterocycles. The fourth-order valence-corrected chi connectivity index (χ4v) is 0. The predicted octanol–water partition coefficient (Wildman–Crippen LogP) is 0.689. The first kappa shape index (κ1) is 4.26. The summed E-state index contributed by atoms with van der Waals surface area (Å²) in [6.45, 7) is 1.97. The zero-order valence-electron chi connectivity index (χ0n) is 2.56. The average Bonchev–Trinajstić information content (AvgIpc) is 1.37. The van der Waals surface area contributed by atoms with Gasteiger partial charge in [0, 0.05) is 0 Å². The minimum atomic E-state index is 1.88. The van der Waals surface area contributed by atoms with Crippen LogP contribution in [0.3, 0.4) is 0 Å². The zero-order chi connectivity index (χ0) is 3.41.